The third-order valence-electron chi connectivity index (χ3n) is 9.70. The quantitative estimate of drug-likeness (QED) is 0.0787. The first-order valence-electron chi connectivity index (χ1n) is 18.6. The zero-order valence-corrected chi connectivity index (χ0v) is 32.9. The first kappa shape index (κ1) is 40.7. The Morgan fingerprint density at radius 3 is 2.30 bits per heavy atom. The van der Waals surface area contributed by atoms with E-state index in [9.17, 15) is 19.2 Å². The van der Waals surface area contributed by atoms with Crippen molar-refractivity contribution < 1.29 is 42.9 Å². The summed E-state index contributed by atoms with van der Waals surface area (Å²) in [6.45, 7) is 5.94. The van der Waals surface area contributed by atoms with E-state index < -0.39 is 6.09 Å². The number of alkyl halides is 1. The number of anilines is 1. The van der Waals surface area contributed by atoms with Crippen molar-refractivity contribution in [2.45, 2.75) is 12.8 Å². The normalized spacial score (nSPS) is 15.1. The number of nitrogens with one attached hydrogen (secondary N) is 1. The number of carbonyl (C=O) groups is 4. The van der Waals surface area contributed by atoms with Crippen LogP contribution in [0.3, 0.4) is 0 Å². The second-order valence-electron chi connectivity index (χ2n) is 13.9. The molecule has 0 fully saturated rings. The van der Waals surface area contributed by atoms with Gasteiger partial charge in [-0.15, -0.1) is 11.6 Å². The minimum atomic E-state index is -0.568. The van der Waals surface area contributed by atoms with Gasteiger partial charge in [0, 0.05) is 73.0 Å². The molecule has 2 aliphatic rings. The maximum Gasteiger partial charge on any atom is 0.415 e. The largest absolute Gasteiger partial charge is 0.492 e. The van der Waals surface area contributed by atoms with Crippen molar-refractivity contribution in [3.8, 4) is 11.5 Å². The molecule has 3 heterocycles. The van der Waals surface area contributed by atoms with Gasteiger partial charge in [-0.3, -0.25) is 19.3 Å². The standard InChI is InChI=1S/C41H48ClN5O9/c1-27-6-5-7-31-35(56-41(51)45(4)13-15-52-18-20-54-21-19-53-16-14-46-36(48)10-11-37(46)49)24-34-39(38(27)31)29(25-42)26-47(34)40(50)33-23-28-22-30(8-9-32(28)43-33)55-17-12-44(2)3/h5-11,22-24,29,43H,12-21,25-26H2,1-4H3/t29-/m1/s1. The van der Waals surface area contributed by atoms with Gasteiger partial charge in [0.05, 0.1) is 51.9 Å². The van der Waals surface area contributed by atoms with Crippen molar-refractivity contribution in [2.24, 2.45) is 0 Å². The second kappa shape index (κ2) is 18.8. The molecule has 15 heteroatoms. The molecule has 298 valence electrons. The van der Waals surface area contributed by atoms with Crippen LogP contribution in [-0.4, -0.2) is 143 Å². The highest BCUT2D eigenvalue weighted by Crippen LogP contribution is 2.47. The van der Waals surface area contributed by atoms with Crippen molar-refractivity contribution in [2.75, 3.05) is 104 Å². The highest BCUT2D eigenvalue weighted by molar-refractivity contribution is 6.19. The lowest BCUT2D eigenvalue weighted by Gasteiger charge is -2.21. The fraction of sp³-hybridized carbons (Fsp3) is 0.415. The van der Waals surface area contributed by atoms with Gasteiger partial charge in [0.2, 0.25) is 0 Å². The lowest BCUT2D eigenvalue weighted by molar-refractivity contribution is -0.137. The van der Waals surface area contributed by atoms with E-state index in [0.29, 0.717) is 62.6 Å². The number of hydrogen-bond acceptors (Lipinski definition) is 10. The van der Waals surface area contributed by atoms with Crippen molar-refractivity contribution >= 4 is 62.8 Å². The summed E-state index contributed by atoms with van der Waals surface area (Å²) in [6, 6.07) is 15.2. The number of rotatable bonds is 19. The van der Waals surface area contributed by atoms with Gasteiger partial charge in [0.15, 0.2) is 0 Å². The van der Waals surface area contributed by atoms with Gasteiger partial charge in [-0.2, -0.15) is 0 Å². The number of amides is 4. The van der Waals surface area contributed by atoms with Gasteiger partial charge >= 0.3 is 6.09 Å². The summed E-state index contributed by atoms with van der Waals surface area (Å²) < 4.78 is 28.5. The third kappa shape index (κ3) is 9.51. The van der Waals surface area contributed by atoms with Crippen LogP contribution in [0.2, 0.25) is 0 Å². The third-order valence-corrected chi connectivity index (χ3v) is 10.1. The van der Waals surface area contributed by atoms with E-state index in [-0.39, 0.29) is 49.9 Å². The lowest BCUT2D eigenvalue weighted by Crippen LogP contribution is -2.33. The molecule has 0 saturated carbocycles. The maximum absolute atomic E-state index is 14.2. The molecule has 3 aromatic carbocycles. The number of aromatic nitrogens is 1. The number of imide groups is 1. The summed E-state index contributed by atoms with van der Waals surface area (Å²) in [5.74, 6) is 0.368. The number of H-pyrrole nitrogens is 1. The fourth-order valence-electron chi connectivity index (χ4n) is 6.71. The number of carbonyl (C=O) groups excluding carboxylic acids is 4. The molecule has 0 aliphatic carbocycles. The van der Waals surface area contributed by atoms with Crippen molar-refractivity contribution in [1.29, 1.82) is 0 Å². The molecule has 14 nitrogen and oxygen atoms in total. The molecule has 4 aromatic rings. The van der Waals surface area contributed by atoms with E-state index >= 15 is 0 Å². The van der Waals surface area contributed by atoms with Crippen LogP contribution in [0.1, 0.15) is 27.5 Å². The van der Waals surface area contributed by atoms with E-state index in [1.807, 2.05) is 63.5 Å². The summed E-state index contributed by atoms with van der Waals surface area (Å²) in [7, 11) is 5.62. The summed E-state index contributed by atoms with van der Waals surface area (Å²) in [5, 5.41) is 2.53. The van der Waals surface area contributed by atoms with Gasteiger partial charge in [-0.05, 0) is 61.8 Å². The molecule has 0 unspecified atom stereocenters. The average Bonchev–Trinajstić information content (AvgIpc) is 3.87. The first-order valence-corrected chi connectivity index (χ1v) is 19.1. The molecule has 0 saturated heterocycles. The van der Waals surface area contributed by atoms with Crippen LogP contribution in [0.25, 0.3) is 21.7 Å². The van der Waals surface area contributed by atoms with E-state index in [0.717, 1.165) is 50.0 Å². The van der Waals surface area contributed by atoms with Gasteiger partial charge in [-0.1, -0.05) is 18.2 Å². The molecular weight excluding hydrogens is 742 g/mol. The SMILES string of the molecule is Cc1cccc2c(OC(=O)N(C)CCOCCOCCOCCN3C(=O)C=CC3=O)cc3c(c12)[C@H](CCl)CN3C(=O)c1cc2cc(OCCN(C)C)ccc2[nH]1. The van der Waals surface area contributed by atoms with Gasteiger partial charge in [0.25, 0.3) is 17.7 Å². The molecule has 4 amide bonds. The Morgan fingerprint density at radius 1 is 0.875 bits per heavy atom. The Morgan fingerprint density at radius 2 is 1.59 bits per heavy atom. The van der Waals surface area contributed by atoms with Crippen LogP contribution in [0.5, 0.6) is 11.5 Å². The number of ether oxygens (including phenoxy) is 5. The topological polar surface area (TPSA) is 143 Å². The number of likely N-dealkylation sites (N-methyl/N-ethyl adjacent to an activating group) is 2. The number of hydrogen-bond donors (Lipinski definition) is 1. The number of benzene rings is 3. The predicted octanol–water partition coefficient (Wildman–Crippen LogP) is 4.96. The summed E-state index contributed by atoms with van der Waals surface area (Å²) in [6.07, 6.45) is 1.91. The Bertz CT molecular complexity index is 2080. The van der Waals surface area contributed by atoms with Crippen LogP contribution >= 0.6 is 11.6 Å². The van der Waals surface area contributed by atoms with Crippen LogP contribution in [-0.2, 0) is 23.8 Å². The van der Waals surface area contributed by atoms with Crippen LogP contribution in [0.15, 0.2) is 60.7 Å². The Balaban J connectivity index is 1.05. The zero-order valence-electron chi connectivity index (χ0n) is 32.2. The lowest BCUT2D eigenvalue weighted by atomic mass is 9.92. The van der Waals surface area contributed by atoms with E-state index in [1.54, 1.807) is 18.0 Å². The van der Waals surface area contributed by atoms with Crippen molar-refractivity contribution in [3.63, 3.8) is 0 Å². The predicted molar refractivity (Wildman–Crippen MR) is 213 cm³/mol. The molecule has 6 rings (SSSR count). The Kier molecular flexibility index (Phi) is 13.6. The van der Waals surface area contributed by atoms with Crippen molar-refractivity contribution in [1.82, 2.24) is 19.7 Å². The Labute approximate surface area is 330 Å². The van der Waals surface area contributed by atoms with E-state index in [4.69, 9.17) is 35.3 Å². The summed E-state index contributed by atoms with van der Waals surface area (Å²) >= 11 is 6.55. The van der Waals surface area contributed by atoms with E-state index in [2.05, 4.69) is 9.88 Å². The molecule has 56 heavy (non-hydrogen) atoms. The zero-order chi connectivity index (χ0) is 39.8. The molecular formula is C41H48ClN5O9. The molecule has 1 aromatic heterocycles. The number of aromatic amines is 1. The highest BCUT2D eigenvalue weighted by atomic mass is 35.5. The number of halogens is 1. The molecule has 0 bridgehead atoms. The van der Waals surface area contributed by atoms with Crippen LogP contribution in [0, 0.1) is 6.92 Å². The first-order chi connectivity index (χ1) is 27.0. The van der Waals surface area contributed by atoms with Gasteiger partial charge < -0.3 is 43.4 Å². The van der Waals surface area contributed by atoms with E-state index in [1.165, 1.54) is 17.1 Å². The van der Waals surface area contributed by atoms with Gasteiger partial charge in [-0.25, -0.2) is 4.79 Å². The summed E-state index contributed by atoms with van der Waals surface area (Å²) in [5.41, 5.74) is 3.84. The average molecular weight is 790 g/mol. The number of nitrogens with zero attached hydrogens (tertiary/aromatic N) is 4. The molecule has 1 N–H and O–H groups in total. The maximum atomic E-state index is 14.2. The monoisotopic (exact) mass is 789 g/mol. The second-order valence-corrected chi connectivity index (χ2v) is 14.3. The number of aryl methyl sites for hydroxylation is 1. The smallest absolute Gasteiger partial charge is 0.415 e. The molecule has 0 radical (unpaired) electrons. The molecule has 2 aliphatic heterocycles. The molecule has 0 spiro atoms. The van der Waals surface area contributed by atoms with Crippen molar-refractivity contribution in [3.05, 3.63) is 77.5 Å². The highest BCUT2D eigenvalue weighted by Gasteiger charge is 2.36. The van der Waals surface area contributed by atoms with Crippen LogP contribution in [0.4, 0.5) is 10.5 Å². The number of fused-ring (bicyclic) bond motifs is 4. The molecule has 1 atom stereocenters. The Hall–Kier alpha value is -4.99. The fourth-order valence-corrected chi connectivity index (χ4v) is 6.96. The minimum absolute atomic E-state index is 0.127. The van der Waals surface area contributed by atoms with Gasteiger partial charge in [0.1, 0.15) is 23.8 Å². The summed E-state index contributed by atoms with van der Waals surface area (Å²) in [4.78, 5) is 60.3. The minimum Gasteiger partial charge on any atom is -0.492 e. The van der Waals surface area contributed by atoms with Crippen LogP contribution < -0.4 is 14.4 Å².